The molecule has 34 heavy (non-hydrogen) atoms. The van der Waals surface area contributed by atoms with E-state index in [0.717, 1.165) is 22.0 Å². The summed E-state index contributed by atoms with van der Waals surface area (Å²) in [4.78, 5) is 17.4. The number of aromatic nitrogens is 1. The molecular weight excluding hydrogens is 456 g/mol. The van der Waals surface area contributed by atoms with Crippen LogP contribution >= 0.6 is 11.6 Å². The number of rotatable bonds is 4. The highest BCUT2D eigenvalue weighted by molar-refractivity contribution is 6.33. The lowest BCUT2D eigenvalue weighted by Gasteiger charge is -2.36. The van der Waals surface area contributed by atoms with Gasteiger partial charge in [0.2, 0.25) is 0 Å². The molecule has 1 N–H and O–H groups in total. The molecule has 0 spiro atoms. The Bertz CT molecular complexity index is 1360. The van der Waals surface area contributed by atoms with Crippen LogP contribution in [0.4, 0.5) is 11.4 Å². The molecule has 3 aromatic carbocycles. The third kappa shape index (κ3) is 3.96. The Morgan fingerprint density at radius 3 is 2.56 bits per heavy atom. The van der Waals surface area contributed by atoms with Gasteiger partial charge in [0.1, 0.15) is 17.0 Å². The zero-order chi connectivity index (χ0) is 23.8. The van der Waals surface area contributed by atoms with Crippen LogP contribution in [-0.4, -0.2) is 47.4 Å². The predicted octanol–water partition coefficient (Wildman–Crippen LogP) is 5.11. The molecule has 0 saturated carbocycles. The van der Waals surface area contributed by atoms with Gasteiger partial charge >= 0.3 is 0 Å². The lowest BCUT2D eigenvalue weighted by molar-refractivity contribution is 0.0745. The number of aryl methyl sites for hydroxylation is 1. The fourth-order valence-corrected chi connectivity index (χ4v) is 4.71. The average molecular weight is 478 g/mol. The summed E-state index contributed by atoms with van der Waals surface area (Å²) in [6, 6.07) is 18.5. The molecule has 2 heterocycles. The van der Waals surface area contributed by atoms with Crippen molar-refractivity contribution in [1.82, 2.24) is 10.1 Å². The summed E-state index contributed by atoms with van der Waals surface area (Å²) in [6.45, 7) is 3.87. The Morgan fingerprint density at radius 1 is 1.09 bits per heavy atom. The second-order valence-corrected chi connectivity index (χ2v) is 8.58. The predicted molar refractivity (Wildman–Crippen MR) is 131 cm³/mol. The number of fused-ring (bicyclic) bond motifs is 1. The molecular formula is C25H22ClN4O4-. The van der Waals surface area contributed by atoms with E-state index >= 15 is 0 Å². The summed E-state index contributed by atoms with van der Waals surface area (Å²) in [5.74, 6) is 0.366. The first-order valence-electron chi connectivity index (χ1n) is 10.9. The maximum Gasteiger partial charge on any atom is 0.259 e. The molecule has 174 valence electrons. The Labute approximate surface area is 201 Å². The number of hydrogen-bond acceptors (Lipinski definition) is 7. The quantitative estimate of drug-likeness (QED) is 0.408. The van der Waals surface area contributed by atoms with Crippen molar-refractivity contribution in [2.24, 2.45) is 0 Å². The first-order chi connectivity index (χ1) is 16.4. The highest BCUT2D eigenvalue weighted by Crippen LogP contribution is 2.34. The molecule has 1 aliphatic heterocycles. The Morgan fingerprint density at radius 2 is 1.82 bits per heavy atom. The van der Waals surface area contributed by atoms with Crippen molar-refractivity contribution in [2.45, 2.75) is 6.92 Å². The topological polar surface area (TPSA) is 96.1 Å². The smallest absolute Gasteiger partial charge is 0.259 e. The Hall–Kier alpha value is -3.59. The monoisotopic (exact) mass is 477 g/mol. The summed E-state index contributed by atoms with van der Waals surface area (Å²) in [5, 5.41) is 26.6. The maximum atomic E-state index is 13.6. The Balaban J connectivity index is 1.38. The lowest BCUT2D eigenvalue weighted by Crippen LogP contribution is -2.49. The van der Waals surface area contributed by atoms with Crippen LogP contribution in [0, 0.1) is 12.1 Å². The number of benzene rings is 3. The first kappa shape index (κ1) is 22.2. The van der Waals surface area contributed by atoms with Gasteiger partial charge in [0, 0.05) is 31.7 Å². The molecule has 1 aromatic heterocycles. The van der Waals surface area contributed by atoms with Crippen molar-refractivity contribution in [3.05, 3.63) is 82.2 Å². The van der Waals surface area contributed by atoms with Gasteiger partial charge in [0.05, 0.1) is 16.4 Å². The molecule has 1 aliphatic rings. The van der Waals surface area contributed by atoms with E-state index in [1.165, 1.54) is 12.1 Å². The molecule has 1 fully saturated rings. The highest BCUT2D eigenvalue weighted by Gasteiger charge is 2.29. The van der Waals surface area contributed by atoms with Gasteiger partial charge in [-0.25, -0.2) is 0 Å². The molecule has 1 saturated heterocycles. The molecule has 0 aliphatic carbocycles. The van der Waals surface area contributed by atoms with Crippen LogP contribution in [0.2, 0.25) is 5.02 Å². The normalized spacial score (nSPS) is 14.0. The first-order valence-corrected chi connectivity index (χ1v) is 11.3. The van der Waals surface area contributed by atoms with E-state index < -0.39 is 0 Å². The molecule has 1 amide bonds. The van der Waals surface area contributed by atoms with E-state index in [0.29, 0.717) is 48.2 Å². The van der Waals surface area contributed by atoms with E-state index in [9.17, 15) is 10.0 Å². The molecule has 9 heteroatoms. The molecule has 0 radical (unpaired) electrons. The van der Waals surface area contributed by atoms with E-state index in [4.69, 9.17) is 21.3 Å². The summed E-state index contributed by atoms with van der Waals surface area (Å²) >= 11 is 6.32. The van der Waals surface area contributed by atoms with Gasteiger partial charge in [-0.3, -0.25) is 10.0 Å². The van der Waals surface area contributed by atoms with Gasteiger partial charge in [0.15, 0.2) is 0 Å². The number of piperazine rings is 1. The van der Waals surface area contributed by atoms with Crippen LogP contribution in [-0.2, 0) is 0 Å². The maximum absolute atomic E-state index is 13.6. The van der Waals surface area contributed by atoms with E-state index in [2.05, 4.69) is 10.1 Å². The number of amides is 1. The largest absolute Gasteiger partial charge is 0.733 e. The van der Waals surface area contributed by atoms with Crippen LogP contribution in [0.5, 0.6) is 0 Å². The average Bonchev–Trinajstić information content (AvgIpc) is 3.24. The van der Waals surface area contributed by atoms with Crippen molar-refractivity contribution >= 4 is 39.7 Å². The summed E-state index contributed by atoms with van der Waals surface area (Å²) < 4.78 is 5.47. The number of halogens is 1. The molecule has 4 aromatic rings. The summed E-state index contributed by atoms with van der Waals surface area (Å²) in [7, 11) is 0. The number of anilines is 2. The van der Waals surface area contributed by atoms with Crippen LogP contribution in [0.15, 0.2) is 65.2 Å². The minimum atomic E-state index is -0.221. The van der Waals surface area contributed by atoms with E-state index in [1.54, 1.807) is 17.9 Å². The van der Waals surface area contributed by atoms with Gasteiger partial charge in [-0.2, -0.15) is 0 Å². The summed E-state index contributed by atoms with van der Waals surface area (Å²) in [6.07, 6.45) is 0. The fourth-order valence-electron chi connectivity index (χ4n) is 4.42. The SMILES string of the molecule is Cc1onc(-c2cccc3ccccc23)c1C(=O)N1CCN(c2ccc(N([O-])O)cc2Cl)CC1. The van der Waals surface area contributed by atoms with Crippen molar-refractivity contribution in [3.63, 3.8) is 0 Å². The van der Waals surface area contributed by atoms with Gasteiger partial charge in [-0.15, -0.1) is 0 Å². The van der Waals surface area contributed by atoms with Crippen molar-refractivity contribution in [2.75, 3.05) is 36.3 Å². The van der Waals surface area contributed by atoms with Crippen LogP contribution in [0.1, 0.15) is 16.1 Å². The second-order valence-electron chi connectivity index (χ2n) is 8.18. The summed E-state index contributed by atoms with van der Waals surface area (Å²) in [5.41, 5.74) is 2.70. The van der Waals surface area contributed by atoms with Gasteiger partial charge in [-0.1, -0.05) is 59.2 Å². The zero-order valence-corrected chi connectivity index (χ0v) is 19.2. The Kier molecular flexibility index (Phi) is 5.87. The molecule has 0 unspecified atom stereocenters. The van der Waals surface area contributed by atoms with Crippen LogP contribution < -0.4 is 10.1 Å². The fraction of sp³-hybridized carbons (Fsp3) is 0.200. The van der Waals surface area contributed by atoms with Crippen LogP contribution in [0.25, 0.3) is 22.0 Å². The van der Waals surface area contributed by atoms with Crippen molar-refractivity contribution in [3.8, 4) is 11.3 Å². The third-order valence-corrected chi connectivity index (χ3v) is 6.48. The highest BCUT2D eigenvalue weighted by atomic mass is 35.5. The van der Waals surface area contributed by atoms with Crippen molar-refractivity contribution in [1.29, 1.82) is 0 Å². The molecule has 5 rings (SSSR count). The number of nitrogens with zero attached hydrogens (tertiary/aromatic N) is 4. The van der Waals surface area contributed by atoms with Gasteiger partial charge in [-0.05, 0) is 35.9 Å². The number of hydrogen-bond donors (Lipinski definition) is 1. The second kappa shape index (κ2) is 8.98. The van der Waals surface area contributed by atoms with Crippen molar-refractivity contribution < 1.29 is 14.5 Å². The molecule has 0 atom stereocenters. The van der Waals surface area contributed by atoms with Crippen LogP contribution in [0.3, 0.4) is 0 Å². The lowest BCUT2D eigenvalue weighted by atomic mass is 9.98. The third-order valence-electron chi connectivity index (χ3n) is 6.18. The minimum absolute atomic E-state index is 0.0615. The number of carbonyl (C=O) groups excluding carboxylic acids is 1. The number of carbonyl (C=O) groups is 1. The van der Waals surface area contributed by atoms with E-state index in [-0.39, 0.29) is 16.8 Å². The van der Waals surface area contributed by atoms with Gasteiger partial charge in [0.25, 0.3) is 5.91 Å². The standard InChI is InChI=1S/C25H22ClN4O4/c1-16-23(24(27-34-16)20-8-4-6-17-5-2-3-7-19(17)20)25(31)29-13-11-28(12-14-29)22-10-9-18(30(32)33)15-21(22)26/h2-10,15,32H,11-14H2,1H3/q-1. The molecule has 8 nitrogen and oxygen atoms in total. The van der Waals surface area contributed by atoms with E-state index in [1.807, 2.05) is 42.5 Å². The van der Waals surface area contributed by atoms with Gasteiger partial charge < -0.3 is 24.8 Å². The minimum Gasteiger partial charge on any atom is -0.733 e. The molecule has 0 bridgehead atoms. The zero-order valence-electron chi connectivity index (χ0n) is 18.4.